The molecule has 2 aliphatic rings. The Labute approximate surface area is 121 Å². The average Bonchev–Trinajstić information content (AvgIpc) is 3.08. The van der Waals surface area contributed by atoms with E-state index in [1.165, 1.54) is 36.8 Å². The maximum Gasteiger partial charge on any atom is 0.122 e. The molecule has 0 heterocycles. The third-order valence-electron chi connectivity index (χ3n) is 5.46. The fourth-order valence-corrected chi connectivity index (χ4v) is 4.32. The van der Waals surface area contributed by atoms with Crippen LogP contribution in [0.2, 0.25) is 0 Å². The van der Waals surface area contributed by atoms with Gasteiger partial charge in [0.25, 0.3) is 0 Å². The molecule has 3 heteroatoms. The maximum atomic E-state index is 5.82. The minimum absolute atomic E-state index is 0.244. The summed E-state index contributed by atoms with van der Waals surface area (Å²) in [5.41, 5.74) is 5.44. The van der Waals surface area contributed by atoms with Crippen LogP contribution in [0.1, 0.15) is 49.3 Å². The summed E-state index contributed by atoms with van der Waals surface area (Å²) in [6.45, 7) is 2.07. The van der Waals surface area contributed by atoms with E-state index < -0.39 is 0 Å². The second-order valence-electron chi connectivity index (χ2n) is 6.62. The van der Waals surface area contributed by atoms with Gasteiger partial charge in [0.2, 0.25) is 0 Å². The molecule has 3 nitrogen and oxygen atoms in total. The topological polar surface area (TPSA) is 47.3 Å². The summed E-state index contributed by atoms with van der Waals surface area (Å²) in [4.78, 5) is 0. The molecule has 0 radical (unpaired) electrons. The van der Waals surface area contributed by atoms with Gasteiger partial charge in [-0.15, -0.1) is 0 Å². The van der Waals surface area contributed by atoms with Crippen molar-refractivity contribution in [3.63, 3.8) is 0 Å². The highest BCUT2D eigenvalue weighted by Crippen LogP contribution is 2.50. The fourth-order valence-electron chi connectivity index (χ4n) is 4.32. The number of hydrogen-bond acceptors (Lipinski definition) is 3. The largest absolute Gasteiger partial charge is 0.496 e. The molecule has 2 fully saturated rings. The van der Waals surface area contributed by atoms with Gasteiger partial charge >= 0.3 is 0 Å². The molecule has 3 N–H and O–H groups in total. The van der Waals surface area contributed by atoms with Crippen LogP contribution in [0.15, 0.2) is 18.2 Å². The Morgan fingerprint density at radius 1 is 1.35 bits per heavy atom. The molecule has 4 atom stereocenters. The first-order valence-corrected chi connectivity index (χ1v) is 7.82. The lowest BCUT2D eigenvalue weighted by molar-refractivity contribution is 0.280. The van der Waals surface area contributed by atoms with Crippen molar-refractivity contribution < 1.29 is 4.74 Å². The molecule has 20 heavy (non-hydrogen) atoms. The zero-order chi connectivity index (χ0) is 14.1. The van der Waals surface area contributed by atoms with E-state index in [1.54, 1.807) is 7.11 Å². The molecule has 0 spiro atoms. The first-order chi connectivity index (χ1) is 9.71. The number of methoxy groups -OCH3 is 1. The van der Waals surface area contributed by atoms with Crippen LogP contribution in [0.3, 0.4) is 0 Å². The first-order valence-electron chi connectivity index (χ1n) is 7.82. The van der Waals surface area contributed by atoms with Gasteiger partial charge in [0.05, 0.1) is 7.11 Å². The molecule has 2 aliphatic carbocycles. The smallest absolute Gasteiger partial charge is 0.122 e. The molecule has 110 valence electrons. The van der Waals surface area contributed by atoms with Crippen molar-refractivity contribution in [1.82, 2.24) is 5.43 Å². The summed E-state index contributed by atoms with van der Waals surface area (Å²) < 4.78 is 5.43. The van der Waals surface area contributed by atoms with E-state index in [-0.39, 0.29) is 6.04 Å². The van der Waals surface area contributed by atoms with Crippen LogP contribution in [-0.2, 0) is 0 Å². The SMILES string of the molecule is COc1cc(C(CC2CC3CCC2C3)NN)ccc1C. The second-order valence-corrected chi connectivity index (χ2v) is 6.62. The van der Waals surface area contributed by atoms with Crippen molar-refractivity contribution in [2.75, 3.05) is 7.11 Å². The molecule has 2 saturated carbocycles. The summed E-state index contributed by atoms with van der Waals surface area (Å²) in [7, 11) is 1.73. The first kappa shape index (κ1) is 13.9. The van der Waals surface area contributed by atoms with Gasteiger partial charge in [-0.3, -0.25) is 11.3 Å². The Morgan fingerprint density at radius 2 is 2.20 bits per heavy atom. The van der Waals surface area contributed by atoms with Gasteiger partial charge in [0.15, 0.2) is 0 Å². The molecule has 1 aromatic carbocycles. The van der Waals surface area contributed by atoms with Gasteiger partial charge in [-0.1, -0.05) is 18.6 Å². The standard InChI is InChI=1S/C17H26N2O/c1-11-3-5-14(10-17(11)20-2)16(19-18)9-15-8-12-4-6-13(15)7-12/h3,5,10,12-13,15-16,19H,4,6-9,18H2,1-2H3. The van der Waals surface area contributed by atoms with Crippen molar-refractivity contribution in [1.29, 1.82) is 0 Å². The molecule has 4 unspecified atom stereocenters. The summed E-state index contributed by atoms with van der Waals surface area (Å²) >= 11 is 0. The maximum absolute atomic E-state index is 5.82. The van der Waals surface area contributed by atoms with E-state index in [0.29, 0.717) is 0 Å². The number of nitrogens with one attached hydrogen (secondary N) is 1. The minimum Gasteiger partial charge on any atom is -0.496 e. The Morgan fingerprint density at radius 3 is 2.80 bits per heavy atom. The lowest BCUT2D eigenvalue weighted by Gasteiger charge is -2.27. The highest BCUT2D eigenvalue weighted by atomic mass is 16.5. The molecule has 0 amide bonds. The van der Waals surface area contributed by atoms with E-state index in [0.717, 1.165) is 29.9 Å². The number of fused-ring (bicyclic) bond motifs is 2. The van der Waals surface area contributed by atoms with Gasteiger partial charge in [0, 0.05) is 6.04 Å². The Balaban J connectivity index is 1.73. The monoisotopic (exact) mass is 274 g/mol. The number of ether oxygens (including phenoxy) is 1. The lowest BCUT2D eigenvalue weighted by atomic mass is 9.83. The number of nitrogens with two attached hydrogens (primary N) is 1. The van der Waals surface area contributed by atoms with Crippen LogP contribution >= 0.6 is 0 Å². The summed E-state index contributed by atoms with van der Waals surface area (Å²) in [5.74, 6) is 9.57. The van der Waals surface area contributed by atoms with Crippen LogP contribution in [-0.4, -0.2) is 7.11 Å². The van der Waals surface area contributed by atoms with E-state index in [1.807, 2.05) is 0 Å². The molecule has 2 bridgehead atoms. The molecular weight excluding hydrogens is 248 g/mol. The van der Waals surface area contributed by atoms with E-state index >= 15 is 0 Å². The zero-order valence-electron chi connectivity index (χ0n) is 12.6. The summed E-state index contributed by atoms with van der Waals surface area (Å²) in [6, 6.07) is 6.68. The molecule has 0 aliphatic heterocycles. The minimum atomic E-state index is 0.244. The Bertz CT molecular complexity index is 474. The molecule has 3 rings (SSSR count). The van der Waals surface area contributed by atoms with Crippen LogP contribution in [0.5, 0.6) is 5.75 Å². The van der Waals surface area contributed by atoms with Crippen LogP contribution < -0.4 is 16.0 Å². The number of aryl methyl sites for hydroxylation is 1. The van der Waals surface area contributed by atoms with Gasteiger partial charge in [-0.2, -0.15) is 0 Å². The van der Waals surface area contributed by atoms with Crippen LogP contribution in [0.4, 0.5) is 0 Å². The molecule has 0 aromatic heterocycles. The quantitative estimate of drug-likeness (QED) is 0.639. The van der Waals surface area contributed by atoms with Gasteiger partial charge < -0.3 is 4.74 Å². The normalized spacial score (nSPS) is 29.6. The predicted octanol–water partition coefficient (Wildman–Crippen LogP) is 3.33. The van der Waals surface area contributed by atoms with E-state index in [4.69, 9.17) is 10.6 Å². The van der Waals surface area contributed by atoms with Crippen LogP contribution in [0.25, 0.3) is 0 Å². The highest BCUT2D eigenvalue weighted by Gasteiger charge is 2.40. The molecule has 1 aromatic rings. The fraction of sp³-hybridized carbons (Fsp3) is 0.647. The van der Waals surface area contributed by atoms with Crippen molar-refractivity contribution in [2.24, 2.45) is 23.6 Å². The molecular formula is C17H26N2O. The van der Waals surface area contributed by atoms with Gasteiger partial charge in [-0.25, -0.2) is 0 Å². The summed E-state index contributed by atoms with van der Waals surface area (Å²) in [6.07, 6.45) is 6.92. The third kappa shape index (κ3) is 2.57. The van der Waals surface area contributed by atoms with Gasteiger partial charge in [0.1, 0.15) is 5.75 Å². The lowest BCUT2D eigenvalue weighted by Crippen LogP contribution is -2.30. The van der Waals surface area contributed by atoms with Crippen molar-refractivity contribution in [3.8, 4) is 5.75 Å². The number of rotatable bonds is 5. The van der Waals surface area contributed by atoms with Crippen LogP contribution in [0, 0.1) is 24.7 Å². The molecule has 0 saturated heterocycles. The Hall–Kier alpha value is -1.06. The van der Waals surface area contributed by atoms with Gasteiger partial charge in [-0.05, 0) is 67.6 Å². The van der Waals surface area contributed by atoms with E-state index in [2.05, 4.69) is 30.5 Å². The Kier molecular flexibility index (Phi) is 3.99. The third-order valence-corrected chi connectivity index (χ3v) is 5.46. The van der Waals surface area contributed by atoms with Crippen molar-refractivity contribution >= 4 is 0 Å². The average molecular weight is 274 g/mol. The number of hydrazine groups is 1. The van der Waals surface area contributed by atoms with Crippen molar-refractivity contribution in [2.45, 2.75) is 45.1 Å². The zero-order valence-corrected chi connectivity index (χ0v) is 12.6. The van der Waals surface area contributed by atoms with E-state index in [9.17, 15) is 0 Å². The van der Waals surface area contributed by atoms with Crippen molar-refractivity contribution in [3.05, 3.63) is 29.3 Å². The highest BCUT2D eigenvalue weighted by molar-refractivity contribution is 5.37. The number of benzene rings is 1. The number of hydrogen-bond donors (Lipinski definition) is 2. The predicted molar refractivity (Wildman–Crippen MR) is 81.4 cm³/mol. The second kappa shape index (κ2) is 5.74. The summed E-state index contributed by atoms with van der Waals surface area (Å²) in [5, 5.41) is 0.